The zero-order valence-corrected chi connectivity index (χ0v) is 9.28. The third-order valence-electron chi connectivity index (χ3n) is 2.55. The van der Waals surface area contributed by atoms with Gasteiger partial charge in [-0.15, -0.1) is 0 Å². The van der Waals surface area contributed by atoms with Crippen molar-refractivity contribution in [3.63, 3.8) is 0 Å². The van der Waals surface area contributed by atoms with Gasteiger partial charge < -0.3 is 0 Å². The fourth-order valence-electron chi connectivity index (χ4n) is 1.48. The van der Waals surface area contributed by atoms with Crippen LogP contribution in [0.2, 0.25) is 0 Å². The summed E-state index contributed by atoms with van der Waals surface area (Å²) in [6.45, 7) is 1.52. The van der Waals surface area contributed by atoms with Gasteiger partial charge >= 0.3 is 0 Å². The number of hydrazone groups is 1. The van der Waals surface area contributed by atoms with E-state index in [-0.39, 0.29) is 4.92 Å². The summed E-state index contributed by atoms with van der Waals surface area (Å²) in [5.74, 6) is 0.562. The van der Waals surface area contributed by atoms with Crippen LogP contribution < -0.4 is 5.43 Å². The molecule has 2 unspecified atom stereocenters. The average molecular weight is 232 g/mol. The van der Waals surface area contributed by atoms with Crippen LogP contribution in [0.4, 0.5) is 0 Å². The average Bonchev–Trinajstić information content (AvgIpc) is 2.39. The number of aliphatic imine (C=N–C) groups is 1. The normalized spacial score (nSPS) is 20.3. The Labute approximate surface area is 98.2 Å². The molecule has 0 aromatic heterocycles. The molecule has 1 heterocycles. The van der Waals surface area contributed by atoms with Crippen LogP contribution in [0.1, 0.15) is 12.5 Å². The molecule has 0 aliphatic carbocycles. The second kappa shape index (κ2) is 4.73. The van der Waals surface area contributed by atoms with Crippen LogP contribution in [-0.4, -0.2) is 29.1 Å². The minimum absolute atomic E-state index is 0.353. The van der Waals surface area contributed by atoms with Crippen molar-refractivity contribution in [3.8, 4) is 0 Å². The van der Waals surface area contributed by atoms with Crippen LogP contribution in [-0.2, 0) is 0 Å². The summed E-state index contributed by atoms with van der Waals surface area (Å²) >= 11 is 0. The number of nitrogens with one attached hydrogen (secondary N) is 1. The van der Waals surface area contributed by atoms with Crippen LogP contribution in [0.15, 0.2) is 40.4 Å². The maximum atomic E-state index is 10.7. The van der Waals surface area contributed by atoms with Crippen molar-refractivity contribution < 1.29 is 4.92 Å². The van der Waals surface area contributed by atoms with Gasteiger partial charge in [-0.2, -0.15) is 5.10 Å². The molecule has 6 heteroatoms. The Kier molecular flexibility index (Phi) is 3.13. The summed E-state index contributed by atoms with van der Waals surface area (Å²) < 4.78 is 0. The van der Waals surface area contributed by atoms with Crippen molar-refractivity contribution in [2.24, 2.45) is 10.1 Å². The highest BCUT2D eigenvalue weighted by atomic mass is 16.6. The molecular weight excluding hydrogens is 220 g/mol. The minimum atomic E-state index is -0.778. The highest BCUT2D eigenvalue weighted by Crippen LogP contribution is 2.08. The summed E-state index contributed by atoms with van der Waals surface area (Å²) in [6, 6.07) is 8.10. The summed E-state index contributed by atoms with van der Waals surface area (Å²) in [6.07, 6.45) is 1.46. The Morgan fingerprint density at radius 2 is 2.12 bits per heavy atom. The van der Waals surface area contributed by atoms with Gasteiger partial charge in [0.05, 0.1) is 6.21 Å². The van der Waals surface area contributed by atoms with E-state index in [4.69, 9.17) is 0 Å². The molecule has 0 radical (unpaired) electrons. The van der Waals surface area contributed by atoms with Crippen molar-refractivity contribution >= 4 is 12.1 Å². The number of hydrogen-bond donors (Lipinski definition) is 1. The van der Waals surface area contributed by atoms with Crippen molar-refractivity contribution in [3.05, 3.63) is 46.0 Å². The van der Waals surface area contributed by atoms with Gasteiger partial charge in [-0.1, -0.05) is 30.3 Å². The Morgan fingerprint density at radius 1 is 1.41 bits per heavy atom. The largest absolute Gasteiger partial charge is 0.264 e. The Hall–Kier alpha value is -2.24. The van der Waals surface area contributed by atoms with E-state index in [2.05, 4.69) is 15.5 Å². The maximum Gasteiger partial charge on any atom is 0.237 e. The molecule has 1 aromatic rings. The zero-order valence-electron chi connectivity index (χ0n) is 9.28. The first-order chi connectivity index (χ1) is 8.18. The van der Waals surface area contributed by atoms with Gasteiger partial charge in [0.1, 0.15) is 5.84 Å². The topological polar surface area (TPSA) is 79.9 Å². The molecule has 0 bridgehead atoms. The third-order valence-corrected chi connectivity index (χ3v) is 2.55. The van der Waals surface area contributed by atoms with Crippen molar-refractivity contribution in [1.82, 2.24) is 5.43 Å². The molecule has 0 saturated carbocycles. The molecule has 1 N–H and O–H groups in total. The maximum absolute atomic E-state index is 10.7. The van der Waals surface area contributed by atoms with Gasteiger partial charge in [-0.3, -0.25) is 20.5 Å². The van der Waals surface area contributed by atoms with Crippen LogP contribution >= 0.6 is 0 Å². The van der Waals surface area contributed by atoms with E-state index in [0.717, 1.165) is 5.56 Å². The Balaban J connectivity index is 2.23. The smallest absolute Gasteiger partial charge is 0.237 e. The van der Waals surface area contributed by atoms with Gasteiger partial charge in [-0.05, 0) is 0 Å². The van der Waals surface area contributed by atoms with Gasteiger partial charge in [0.25, 0.3) is 0 Å². The third kappa shape index (κ3) is 2.47. The van der Waals surface area contributed by atoms with Gasteiger partial charge in [0, 0.05) is 17.4 Å². The molecule has 1 aromatic carbocycles. The van der Waals surface area contributed by atoms with Crippen LogP contribution in [0.3, 0.4) is 0 Å². The summed E-state index contributed by atoms with van der Waals surface area (Å²) in [4.78, 5) is 14.6. The summed E-state index contributed by atoms with van der Waals surface area (Å²) in [7, 11) is 0. The van der Waals surface area contributed by atoms with Crippen molar-refractivity contribution in [2.45, 2.75) is 19.0 Å². The highest BCUT2D eigenvalue weighted by molar-refractivity contribution is 6.00. The van der Waals surface area contributed by atoms with Gasteiger partial charge in [0.15, 0.2) is 6.04 Å². The molecule has 6 nitrogen and oxygen atoms in total. The molecule has 0 fully saturated rings. The Bertz CT molecular complexity index is 470. The molecule has 0 saturated heterocycles. The fourth-order valence-corrected chi connectivity index (χ4v) is 1.48. The highest BCUT2D eigenvalue weighted by Gasteiger charge is 2.27. The SMILES string of the molecule is CC(C1C=NNC(c2ccccc2)=N1)[N+](=O)[O-]. The lowest BCUT2D eigenvalue weighted by Gasteiger charge is -2.16. The van der Waals surface area contributed by atoms with Crippen molar-refractivity contribution in [1.29, 1.82) is 0 Å². The second-order valence-corrected chi connectivity index (χ2v) is 3.75. The minimum Gasteiger partial charge on any atom is -0.264 e. The fraction of sp³-hybridized carbons (Fsp3) is 0.273. The van der Waals surface area contributed by atoms with Crippen LogP contribution in [0.5, 0.6) is 0 Å². The molecular formula is C11H12N4O2. The lowest BCUT2D eigenvalue weighted by Crippen LogP contribution is -2.37. The quantitative estimate of drug-likeness (QED) is 0.625. The van der Waals surface area contributed by atoms with Crippen molar-refractivity contribution in [2.75, 3.05) is 0 Å². The van der Waals surface area contributed by atoms with E-state index < -0.39 is 12.1 Å². The van der Waals surface area contributed by atoms with E-state index in [1.54, 1.807) is 0 Å². The molecule has 17 heavy (non-hydrogen) atoms. The number of benzene rings is 1. The molecule has 0 amide bonds. The van der Waals surface area contributed by atoms with Gasteiger partial charge in [-0.25, -0.2) is 0 Å². The molecule has 2 atom stereocenters. The lowest BCUT2D eigenvalue weighted by atomic mass is 10.1. The summed E-state index contributed by atoms with van der Waals surface area (Å²) in [5, 5.41) is 14.6. The predicted molar refractivity (Wildman–Crippen MR) is 64.9 cm³/mol. The first-order valence-electron chi connectivity index (χ1n) is 5.24. The second-order valence-electron chi connectivity index (χ2n) is 3.75. The number of rotatable bonds is 3. The number of nitro groups is 1. The van der Waals surface area contributed by atoms with Crippen LogP contribution in [0.25, 0.3) is 0 Å². The van der Waals surface area contributed by atoms with E-state index in [1.807, 2.05) is 30.3 Å². The zero-order chi connectivity index (χ0) is 12.3. The monoisotopic (exact) mass is 232 g/mol. The molecule has 1 aliphatic heterocycles. The first-order valence-corrected chi connectivity index (χ1v) is 5.24. The first kappa shape index (κ1) is 11.3. The van der Waals surface area contributed by atoms with Gasteiger partial charge in [0.2, 0.25) is 6.04 Å². The lowest BCUT2D eigenvalue weighted by molar-refractivity contribution is -0.517. The van der Waals surface area contributed by atoms with Crippen LogP contribution in [0, 0.1) is 10.1 Å². The molecule has 2 rings (SSSR count). The number of hydrogen-bond acceptors (Lipinski definition) is 5. The standard InChI is InChI=1S/C11H12N4O2/c1-8(15(16)17)10-7-12-14-11(13-10)9-5-3-2-4-6-9/h2-8,10H,1H3,(H,13,14). The Morgan fingerprint density at radius 3 is 2.76 bits per heavy atom. The number of nitrogens with zero attached hydrogens (tertiary/aromatic N) is 3. The van der Waals surface area contributed by atoms with E-state index in [1.165, 1.54) is 13.1 Å². The van der Waals surface area contributed by atoms with E-state index in [0.29, 0.717) is 5.84 Å². The number of amidine groups is 1. The molecule has 1 aliphatic rings. The molecule has 0 spiro atoms. The molecule has 88 valence electrons. The predicted octanol–water partition coefficient (Wildman–Crippen LogP) is 1.06. The van der Waals surface area contributed by atoms with E-state index >= 15 is 0 Å². The summed E-state index contributed by atoms with van der Waals surface area (Å²) in [5.41, 5.74) is 3.62. The van der Waals surface area contributed by atoms with E-state index in [9.17, 15) is 10.1 Å².